The van der Waals surface area contributed by atoms with E-state index in [1.807, 2.05) is 0 Å². The summed E-state index contributed by atoms with van der Waals surface area (Å²) in [4.78, 5) is 38.1. The molecule has 1 unspecified atom stereocenters. The summed E-state index contributed by atoms with van der Waals surface area (Å²) < 4.78 is 35.5. The summed E-state index contributed by atoms with van der Waals surface area (Å²) in [6.07, 6.45) is 1.78. The molecule has 11 heteroatoms. The van der Waals surface area contributed by atoms with Crippen molar-refractivity contribution >= 4 is 23.7 Å². The first-order valence-corrected chi connectivity index (χ1v) is 9.62. The van der Waals surface area contributed by atoms with E-state index < -0.39 is 42.5 Å². The average Bonchev–Trinajstić information content (AvgIpc) is 2.63. The van der Waals surface area contributed by atoms with Crippen LogP contribution in [0.5, 0.6) is 0 Å². The maximum Gasteiger partial charge on any atom is 0.389 e. The number of imide groups is 1. The largest absolute Gasteiger partial charge is 0.480 e. The van der Waals surface area contributed by atoms with Crippen molar-refractivity contribution in [2.75, 3.05) is 5.73 Å². The number of nitrogen functional groups attached to an aromatic ring is 1. The number of pyridine rings is 1. The van der Waals surface area contributed by atoms with Crippen LogP contribution in [0.25, 0.3) is 0 Å². The maximum absolute atomic E-state index is 11.8. The van der Waals surface area contributed by atoms with Crippen LogP contribution in [0.1, 0.15) is 44.1 Å². The Hall–Kier alpha value is -2.85. The Morgan fingerprint density at radius 2 is 1.87 bits per heavy atom. The number of β-lactam (4-membered cyclic amide) rings is 1. The lowest BCUT2D eigenvalue weighted by molar-refractivity contribution is -0.165. The molecule has 2 aliphatic rings. The van der Waals surface area contributed by atoms with Crippen LogP contribution < -0.4 is 11.5 Å². The van der Waals surface area contributed by atoms with Crippen molar-refractivity contribution in [2.45, 2.75) is 57.2 Å². The third kappa shape index (κ3) is 6.33. The van der Waals surface area contributed by atoms with E-state index in [0.717, 1.165) is 32.1 Å². The normalized spacial score (nSPS) is 22.0. The summed E-state index contributed by atoms with van der Waals surface area (Å²) in [7, 11) is 0. The van der Waals surface area contributed by atoms with Gasteiger partial charge in [-0.25, -0.2) is 19.5 Å². The number of carboxylic acid groups (broad SMARTS) is 1. The van der Waals surface area contributed by atoms with Gasteiger partial charge in [0, 0.05) is 12.6 Å². The van der Waals surface area contributed by atoms with Crippen LogP contribution in [0.15, 0.2) is 18.3 Å². The predicted molar refractivity (Wildman–Crippen MR) is 101 cm³/mol. The van der Waals surface area contributed by atoms with Crippen molar-refractivity contribution in [1.29, 1.82) is 0 Å². The number of rotatable bonds is 4. The first-order valence-electron chi connectivity index (χ1n) is 9.62. The highest BCUT2D eigenvalue weighted by Gasteiger charge is 2.54. The van der Waals surface area contributed by atoms with E-state index in [4.69, 9.17) is 16.6 Å². The van der Waals surface area contributed by atoms with E-state index in [-0.39, 0.29) is 18.2 Å². The van der Waals surface area contributed by atoms with Gasteiger partial charge in [0.2, 0.25) is 5.91 Å². The molecule has 8 nitrogen and oxygen atoms in total. The molecular weight excluding hydrogens is 405 g/mol. The number of aliphatic carboxylic acids is 1. The summed E-state index contributed by atoms with van der Waals surface area (Å²) in [5, 5.41) is 9.03. The quantitative estimate of drug-likeness (QED) is 0.628. The number of amides is 3. The van der Waals surface area contributed by atoms with Crippen LogP contribution in [-0.2, 0) is 16.0 Å². The molecule has 0 spiro atoms. The van der Waals surface area contributed by atoms with Crippen LogP contribution in [-0.4, -0.2) is 45.1 Å². The van der Waals surface area contributed by atoms with Crippen molar-refractivity contribution in [3.63, 3.8) is 0 Å². The molecule has 3 rings (SSSR count). The smallest absolute Gasteiger partial charge is 0.389 e. The van der Waals surface area contributed by atoms with Gasteiger partial charge in [0.1, 0.15) is 5.82 Å². The topological polar surface area (TPSA) is 140 Å². The molecule has 0 bridgehead atoms. The molecule has 2 fully saturated rings. The fraction of sp³-hybridized carbons (Fsp3) is 0.579. The lowest BCUT2D eigenvalue weighted by Gasteiger charge is -2.41. The molecule has 1 aromatic heterocycles. The fourth-order valence-electron chi connectivity index (χ4n) is 3.87. The summed E-state index contributed by atoms with van der Waals surface area (Å²) in [5.74, 6) is -2.46. The standard InChI is InChI=1S/C11H12N4O4.C8H13F3/c12-7-4-5(1-2-14-7)3-6-8(10(17)18)15(9(6)16)11(13)19;9-8(10,11)6-7-4-2-1-3-5-7/h1-2,4,6,8H,3H2,(H2,12,14)(H2,13,19)(H,17,18);7H,1-6H2/t6-,8?;/m1./s1. The molecule has 0 aromatic carbocycles. The second-order valence-electron chi connectivity index (χ2n) is 7.55. The van der Waals surface area contributed by atoms with Crippen LogP contribution in [0, 0.1) is 11.8 Å². The monoisotopic (exact) mass is 430 g/mol. The summed E-state index contributed by atoms with van der Waals surface area (Å²) in [6, 6.07) is 0.913. The van der Waals surface area contributed by atoms with E-state index in [2.05, 4.69) is 4.98 Å². The highest BCUT2D eigenvalue weighted by atomic mass is 19.4. The van der Waals surface area contributed by atoms with Crippen LogP contribution in [0.4, 0.5) is 23.8 Å². The molecule has 1 aliphatic carbocycles. The van der Waals surface area contributed by atoms with Gasteiger partial charge in [-0.1, -0.05) is 32.1 Å². The number of urea groups is 1. The number of hydrogen-bond acceptors (Lipinski definition) is 5. The van der Waals surface area contributed by atoms with Crippen molar-refractivity contribution < 1.29 is 32.7 Å². The number of primary amides is 1. The number of nitrogens with zero attached hydrogens (tertiary/aromatic N) is 2. The first-order chi connectivity index (χ1) is 14.0. The van der Waals surface area contributed by atoms with E-state index in [1.165, 1.54) is 6.20 Å². The number of halogens is 3. The second-order valence-corrected chi connectivity index (χ2v) is 7.55. The lowest BCUT2D eigenvalue weighted by Crippen LogP contribution is -2.68. The van der Waals surface area contributed by atoms with Crippen molar-refractivity contribution in [2.24, 2.45) is 17.6 Å². The maximum atomic E-state index is 11.8. The summed E-state index contributed by atoms with van der Waals surface area (Å²) in [6.45, 7) is 0. The SMILES string of the molecule is FC(F)(F)CC1CCCCC1.NC(=O)N1C(=O)[C@H](Cc2ccnc(N)c2)C1C(=O)O. The van der Waals surface area contributed by atoms with Crippen LogP contribution >= 0.6 is 0 Å². The first kappa shape index (κ1) is 23.4. The third-order valence-electron chi connectivity index (χ3n) is 5.25. The van der Waals surface area contributed by atoms with Gasteiger partial charge in [-0.05, 0) is 30.0 Å². The average molecular weight is 430 g/mol. The highest BCUT2D eigenvalue weighted by Crippen LogP contribution is 2.33. The molecule has 30 heavy (non-hydrogen) atoms. The van der Waals surface area contributed by atoms with Gasteiger partial charge in [0.25, 0.3) is 0 Å². The Morgan fingerprint density at radius 3 is 2.37 bits per heavy atom. The zero-order chi connectivity index (χ0) is 22.5. The number of nitrogens with two attached hydrogens (primary N) is 2. The third-order valence-corrected chi connectivity index (χ3v) is 5.25. The van der Waals surface area contributed by atoms with Gasteiger partial charge < -0.3 is 16.6 Å². The van der Waals surface area contributed by atoms with Gasteiger partial charge in [-0.3, -0.25) is 4.79 Å². The molecule has 5 N–H and O–H groups in total. The molecule has 166 valence electrons. The Labute approximate surface area is 171 Å². The number of hydrogen-bond donors (Lipinski definition) is 3. The predicted octanol–water partition coefficient (Wildman–Crippen LogP) is 2.72. The summed E-state index contributed by atoms with van der Waals surface area (Å²) in [5.41, 5.74) is 11.2. The second kappa shape index (κ2) is 9.77. The van der Waals surface area contributed by atoms with Gasteiger partial charge in [0.15, 0.2) is 6.04 Å². The molecule has 1 aliphatic heterocycles. The molecule has 1 saturated heterocycles. The minimum absolute atomic E-state index is 0.0799. The molecule has 1 aromatic rings. The van der Waals surface area contributed by atoms with Crippen LogP contribution in [0.2, 0.25) is 0 Å². The van der Waals surface area contributed by atoms with Gasteiger partial charge in [-0.2, -0.15) is 13.2 Å². The Kier molecular flexibility index (Phi) is 7.63. The van der Waals surface area contributed by atoms with Crippen LogP contribution in [0.3, 0.4) is 0 Å². The number of alkyl halides is 3. The fourth-order valence-corrected chi connectivity index (χ4v) is 3.87. The zero-order valence-corrected chi connectivity index (χ0v) is 16.3. The minimum Gasteiger partial charge on any atom is -0.480 e. The highest BCUT2D eigenvalue weighted by molar-refractivity contribution is 6.07. The Bertz CT molecular complexity index is 781. The van der Waals surface area contributed by atoms with E-state index in [1.54, 1.807) is 12.1 Å². The summed E-state index contributed by atoms with van der Waals surface area (Å²) >= 11 is 0. The number of carbonyl (C=O) groups excluding carboxylic acids is 2. The van der Waals surface area contributed by atoms with Crippen molar-refractivity contribution in [3.8, 4) is 0 Å². The van der Waals surface area contributed by atoms with E-state index in [9.17, 15) is 27.6 Å². The Balaban J connectivity index is 0.000000248. The molecule has 2 heterocycles. The molecule has 3 amide bonds. The van der Waals surface area contributed by atoms with Gasteiger partial charge >= 0.3 is 18.2 Å². The van der Waals surface area contributed by atoms with E-state index in [0.29, 0.717) is 10.5 Å². The Morgan fingerprint density at radius 1 is 1.23 bits per heavy atom. The van der Waals surface area contributed by atoms with Gasteiger partial charge in [-0.15, -0.1) is 0 Å². The van der Waals surface area contributed by atoms with Crippen molar-refractivity contribution in [3.05, 3.63) is 23.9 Å². The number of anilines is 1. The number of carbonyl (C=O) groups is 3. The number of carboxylic acids is 1. The number of likely N-dealkylation sites (tertiary alicyclic amines) is 1. The molecule has 0 radical (unpaired) electrons. The molecule has 1 saturated carbocycles. The van der Waals surface area contributed by atoms with Crippen molar-refractivity contribution in [1.82, 2.24) is 9.88 Å². The van der Waals surface area contributed by atoms with E-state index >= 15 is 0 Å². The van der Waals surface area contributed by atoms with Gasteiger partial charge in [0.05, 0.1) is 5.92 Å². The molecule has 2 atom stereocenters. The molecular formula is C19H25F3N4O4. The number of aromatic nitrogens is 1. The zero-order valence-electron chi connectivity index (χ0n) is 16.3. The lowest BCUT2D eigenvalue weighted by atomic mass is 9.83. The minimum atomic E-state index is -3.94.